The molecule has 0 radical (unpaired) electrons. The molecule has 0 bridgehead atoms. The zero-order valence-electron chi connectivity index (χ0n) is 13.7. The average molecular weight is 318 g/mol. The molecule has 0 aliphatic carbocycles. The second-order valence-electron chi connectivity index (χ2n) is 5.27. The van der Waals surface area contributed by atoms with Crippen LogP contribution in [0.15, 0.2) is 11.2 Å². The Bertz CT molecular complexity index is 733. The van der Waals surface area contributed by atoms with Gasteiger partial charge in [-0.15, -0.1) is 0 Å². The Morgan fingerprint density at radius 2 is 2.05 bits per heavy atom. The number of aryl methyl sites for hydroxylation is 2. The highest BCUT2D eigenvalue weighted by Crippen LogP contribution is 2.35. The number of carbonyl (C=O) groups excluding carboxylic acids is 1. The van der Waals surface area contributed by atoms with Crippen LogP contribution in [0.2, 0.25) is 0 Å². The van der Waals surface area contributed by atoms with Gasteiger partial charge in [0.1, 0.15) is 0 Å². The molecule has 0 spiro atoms. The van der Waals surface area contributed by atoms with Gasteiger partial charge in [-0.05, 0) is 44.4 Å². The van der Waals surface area contributed by atoms with E-state index in [2.05, 4.69) is 27.8 Å². The predicted molar refractivity (Wildman–Crippen MR) is 95.0 cm³/mol. The van der Waals surface area contributed by atoms with Gasteiger partial charge in [-0.1, -0.05) is 25.2 Å². The number of rotatable bonds is 5. The van der Waals surface area contributed by atoms with Crippen LogP contribution in [0.5, 0.6) is 0 Å². The molecule has 0 aliphatic heterocycles. The summed E-state index contributed by atoms with van der Waals surface area (Å²) in [6.45, 7) is 9.90. The van der Waals surface area contributed by atoms with Gasteiger partial charge in [0.15, 0.2) is 0 Å². The van der Waals surface area contributed by atoms with Crippen molar-refractivity contribution in [3.8, 4) is 0 Å². The maximum absolute atomic E-state index is 11.7. The van der Waals surface area contributed by atoms with Gasteiger partial charge in [0.2, 0.25) is 11.0 Å². The number of nitrogens with zero attached hydrogens (tertiary/aromatic N) is 2. The molecule has 0 saturated carbocycles. The first-order valence-corrected chi connectivity index (χ1v) is 8.27. The summed E-state index contributed by atoms with van der Waals surface area (Å²) in [5.41, 5.74) is 7.94. The van der Waals surface area contributed by atoms with Gasteiger partial charge in [0.25, 0.3) is 0 Å². The highest BCUT2D eigenvalue weighted by Gasteiger charge is 2.13. The number of fused-ring (bicyclic) bond motifs is 1. The molecule has 118 valence electrons. The van der Waals surface area contributed by atoms with E-state index in [1.165, 1.54) is 0 Å². The van der Waals surface area contributed by atoms with Crippen LogP contribution in [0, 0.1) is 13.8 Å². The fourth-order valence-corrected chi connectivity index (χ4v) is 2.97. The summed E-state index contributed by atoms with van der Waals surface area (Å²) in [7, 11) is 0. The van der Waals surface area contributed by atoms with E-state index in [0.29, 0.717) is 6.42 Å². The van der Waals surface area contributed by atoms with Gasteiger partial charge in [-0.2, -0.15) is 5.10 Å². The monoisotopic (exact) mass is 318 g/mol. The number of anilines is 2. The molecule has 2 rings (SSSR count). The third-order valence-corrected chi connectivity index (χ3v) is 4.65. The molecule has 1 aromatic heterocycles. The van der Waals surface area contributed by atoms with E-state index in [4.69, 9.17) is 0 Å². The summed E-state index contributed by atoms with van der Waals surface area (Å²) in [6, 6.07) is 2.01. The molecule has 0 atom stereocenters. The van der Waals surface area contributed by atoms with Crippen molar-refractivity contribution in [3.05, 3.63) is 17.2 Å². The van der Waals surface area contributed by atoms with Crippen LogP contribution < -0.4 is 10.7 Å². The van der Waals surface area contributed by atoms with E-state index < -0.39 is 0 Å². The Morgan fingerprint density at radius 3 is 2.68 bits per heavy atom. The highest BCUT2D eigenvalue weighted by molar-refractivity contribution is 7.22. The molecule has 0 unspecified atom stereocenters. The van der Waals surface area contributed by atoms with E-state index >= 15 is 0 Å². The minimum atomic E-state index is 0.0246. The van der Waals surface area contributed by atoms with Crippen molar-refractivity contribution < 1.29 is 4.79 Å². The molecule has 0 fully saturated rings. The Labute approximate surface area is 134 Å². The standard InChI is InChI=1S/C16H22N4OS/c1-6-10(4)19-20-16-17-12-8-9(3)14(18-13(21)7-2)11(5)15(12)22-16/h8H,6-7H2,1-5H3,(H,17,20)(H,18,21)/b19-10-. The molecule has 1 aromatic carbocycles. The zero-order valence-corrected chi connectivity index (χ0v) is 14.5. The van der Waals surface area contributed by atoms with E-state index in [-0.39, 0.29) is 5.91 Å². The number of hydrogen-bond acceptors (Lipinski definition) is 5. The summed E-state index contributed by atoms with van der Waals surface area (Å²) >= 11 is 1.55. The van der Waals surface area contributed by atoms with Crippen LogP contribution in [0.25, 0.3) is 10.2 Å². The molecule has 1 heterocycles. The normalized spacial score (nSPS) is 11.8. The zero-order chi connectivity index (χ0) is 16.3. The van der Waals surface area contributed by atoms with Gasteiger partial charge < -0.3 is 5.32 Å². The maximum atomic E-state index is 11.7. The lowest BCUT2D eigenvalue weighted by Gasteiger charge is -2.11. The Morgan fingerprint density at radius 1 is 1.32 bits per heavy atom. The predicted octanol–water partition coefficient (Wildman–Crippen LogP) is 4.46. The third-order valence-electron chi connectivity index (χ3n) is 3.56. The van der Waals surface area contributed by atoms with Crippen LogP contribution in [0.3, 0.4) is 0 Å². The summed E-state index contributed by atoms with van der Waals surface area (Å²) in [4.78, 5) is 16.3. The summed E-state index contributed by atoms with van der Waals surface area (Å²) in [6.07, 6.45) is 1.38. The van der Waals surface area contributed by atoms with E-state index in [9.17, 15) is 4.79 Å². The van der Waals surface area contributed by atoms with Crippen molar-refractivity contribution in [1.82, 2.24) is 4.98 Å². The van der Waals surface area contributed by atoms with Crippen LogP contribution >= 0.6 is 11.3 Å². The third kappa shape index (κ3) is 3.44. The van der Waals surface area contributed by atoms with Gasteiger partial charge in [-0.3, -0.25) is 10.2 Å². The summed E-state index contributed by atoms with van der Waals surface area (Å²) in [5.74, 6) is 0.0246. The fraction of sp³-hybridized carbons (Fsp3) is 0.438. The average Bonchev–Trinajstić information content (AvgIpc) is 2.91. The molecule has 22 heavy (non-hydrogen) atoms. The first-order chi connectivity index (χ1) is 10.5. The fourth-order valence-electron chi connectivity index (χ4n) is 2.08. The Balaban J connectivity index is 2.40. The molecule has 6 heteroatoms. The summed E-state index contributed by atoms with van der Waals surface area (Å²) < 4.78 is 1.07. The molecule has 0 saturated heterocycles. The largest absolute Gasteiger partial charge is 0.326 e. The number of hydrazone groups is 1. The number of thiazole rings is 1. The number of aromatic nitrogens is 1. The minimum absolute atomic E-state index is 0.0246. The van der Waals surface area contributed by atoms with E-state index in [0.717, 1.165) is 44.3 Å². The second-order valence-corrected chi connectivity index (χ2v) is 6.27. The lowest BCUT2D eigenvalue weighted by Crippen LogP contribution is -2.11. The molecule has 5 nitrogen and oxygen atoms in total. The van der Waals surface area contributed by atoms with Crippen LogP contribution in [-0.4, -0.2) is 16.6 Å². The second kappa shape index (κ2) is 6.87. The molecule has 2 N–H and O–H groups in total. The molecular weight excluding hydrogens is 296 g/mol. The lowest BCUT2D eigenvalue weighted by atomic mass is 10.1. The number of hydrogen-bond donors (Lipinski definition) is 2. The topological polar surface area (TPSA) is 66.4 Å². The van der Waals surface area contributed by atoms with Gasteiger partial charge in [0.05, 0.1) is 10.2 Å². The van der Waals surface area contributed by atoms with Crippen molar-refractivity contribution >= 4 is 44.0 Å². The Kier molecular flexibility index (Phi) is 5.13. The smallest absolute Gasteiger partial charge is 0.224 e. The van der Waals surface area contributed by atoms with E-state index in [1.54, 1.807) is 11.3 Å². The van der Waals surface area contributed by atoms with Crippen LogP contribution in [0.1, 0.15) is 44.7 Å². The number of amides is 1. The number of benzene rings is 1. The van der Waals surface area contributed by atoms with Crippen molar-refractivity contribution in [3.63, 3.8) is 0 Å². The Hall–Kier alpha value is -1.95. The molecule has 1 amide bonds. The number of nitrogens with one attached hydrogen (secondary N) is 2. The van der Waals surface area contributed by atoms with Gasteiger partial charge in [0, 0.05) is 17.8 Å². The van der Waals surface area contributed by atoms with Crippen LogP contribution in [-0.2, 0) is 4.79 Å². The number of carbonyl (C=O) groups is 1. The first-order valence-electron chi connectivity index (χ1n) is 7.46. The molecule has 0 aliphatic rings. The minimum Gasteiger partial charge on any atom is -0.326 e. The van der Waals surface area contributed by atoms with Crippen LogP contribution in [0.4, 0.5) is 10.8 Å². The van der Waals surface area contributed by atoms with Crippen molar-refractivity contribution in [2.24, 2.45) is 5.10 Å². The first kappa shape index (κ1) is 16.4. The lowest BCUT2D eigenvalue weighted by molar-refractivity contribution is -0.115. The van der Waals surface area contributed by atoms with Gasteiger partial charge in [-0.25, -0.2) is 4.98 Å². The van der Waals surface area contributed by atoms with Gasteiger partial charge >= 0.3 is 0 Å². The molecular formula is C16H22N4OS. The quantitative estimate of drug-likeness (QED) is 0.632. The molecule has 2 aromatic rings. The SMILES string of the molecule is CCC(=O)Nc1c(C)cc2nc(N/N=C(/C)CC)sc2c1C. The highest BCUT2D eigenvalue weighted by atomic mass is 32.1. The maximum Gasteiger partial charge on any atom is 0.224 e. The van der Waals surface area contributed by atoms with Crippen molar-refractivity contribution in [2.45, 2.75) is 47.5 Å². The van der Waals surface area contributed by atoms with E-state index in [1.807, 2.05) is 33.8 Å². The van der Waals surface area contributed by atoms with Crippen molar-refractivity contribution in [1.29, 1.82) is 0 Å². The summed E-state index contributed by atoms with van der Waals surface area (Å²) in [5, 5.41) is 8.04. The van der Waals surface area contributed by atoms with Crippen molar-refractivity contribution in [2.75, 3.05) is 10.7 Å².